The number of carbonyl (C=O) groups excluding carboxylic acids is 2. The summed E-state index contributed by atoms with van der Waals surface area (Å²) in [5.74, 6) is -3.04. The summed E-state index contributed by atoms with van der Waals surface area (Å²) in [6.45, 7) is 2.89. The molecule has 0 unspecified atom stereocenters. The van der Waals surface area contributed by atoms with Gasteiger partial charge in [-0.05, 0) is 38.1 Å². The maximum absolute atomic E-state index is 12.8. The zero-order valence-electron chi connectivity index (χ0n) is 22.1. The molecule has 2 aromatic carbocycles. The van der Waals surface area contributed by atoms with E-state index in [1.807, 2.05) is 36.4 Å². The van der Waals surface area contributed by atoms with Crippen molar-refractivity contribution >= 4 is 67.1 Å². The van der Waals surface area contributed by atoms with Crippen LogP contribution in [0.4, 0.5) is 0 Å². The minimum atomic E-state index is -1.09. The van der Waals surface area contributed by atoms with Crippen LogP contribution in [-0.2, 0) is 9.59 Å². The van der Waals surface area contributed by atoms with Crippen molar-refractivity contribution in [2.75, 3.05) is 14.1 Å². The molecule has 0 bridgehead atoms. The van der Waals surface area contributed by atoms with Crippen molar-refractivity contribution in [2.24, 2.45) is 0 Å². The van der Waals surface area contributed by atoms with Gasteiger partial charge in [0.15, 0.2) is 0 Å². The molecule has 4 aromatic rings. The summed E-state index contributed by atoms with van der Waals surface area (Å²) in [5, 5.41) is 19.9. The number of carboxylic acids is 2. The van der Waals surface area contributed by atoms with Gasteiger partial charge in [0.05, 0.1) is 22.2 Å². The van der Waals surface area contributed by atoms with Gasteiger partial charge in [-0.3, -0.25) is 19.6 Å². The van der Waals surface area contributed by atoms with Gasteiger partial charge in [-0.1, -0.05) is 45.9 Å². The number of carboxylic acid groups (broad SMARTS) is 2. The van der Waals surface area contributed by atoms with Gasteiger partial charge in [0.2, 0.25) is 0 Å². The lowest BCUT2D eigenvalue weighted by Crippen LogP contribution is -2.40. The molecule has 2 aromatic heterocycles. The Morgan fingerprint density at radius 3 is 1.43 bits per heavy atom. The highest BCUT2D eigenvalue weighted by atomic mass is 33.1. The number of amides is 2. The molecule has 0 aliphatic rings. The Balaban J connectivity index is 1.56. The summed E-state index contributed by atoms with van der Waals surface area (Å²) in [4.78, 5) is 61.2. The standard InChI is InChI=1S/C28H26N4O6S2/c1-15(27(35)36)31(3)25(33)19-11-17-7-5-9-21(23(17)29-13-19)39-40-22-10-6-8-18-12-20(14-30-24(18)22)26(34)32(4)16(2)28(37)38/h5-16H,1-4H3,(H,35,36)(H,37,38)/t15-,16-/m0/s1. The second kappa shape index (κ2) is 11.9. The number of benzene rings is 2. The molecule has 0 aliphatic heterocycles. The van der Waals surface area contributed by atoms with Gasteiger partial charge in [-0.15, -0.1) is 0 Å². The molecule has 40 heavy (non-hydrogen) atoms. The van der Waals surface area contributed by atoms with Crippen molar-refractivity contribution in [3.8, 4) is 0 Å². The highest BCUT2D eigenvalue weighted by Gasteiger charge is 2.24. The van der Waals surface area contributed by atoms with Crippen molar-refractivity contribution in [2.45, 2.75) is 35.7 Å². The van der Waals surface area contributed by atoms with E-state index in [1.54, 1.807) is 12.1 Å². The minimum Gasteiger partial charge on any atom is -0.480 e. The maximum atomic E-state index is 12.8. The highest BCUT2D eigenvalue weighted by Crippen LogP contribution is 2.42. The predicted molar refractivity (Wildman–Crippen MR) is 154 cm³/mol. The number of aliphatic carboxylic acids is 2. The van der Waals surface area contributed by atoms with E-state index in [0.29, 0.717) is 22.2 Å². The van der Waals surface area contributed by atoms with Crippen molar-refractivity contribution < 1.29 is 29.4 Å². The van der Waals surface area contributed by atoms with Crippen molar-refractivity contribution in [3.05, 3.63) is 72.1 Å². The summed E-state index contributed by atoms with van der Waals surface area (Å²) in [7, 11) is 5.83. The summed E-state index contributed by atoms with van der Waals surface area (Å²) >= 11 is 0. The number of likely N-dealkylation sites (N-methyl/N-ethyl adjacent to an activating group) is 2. The Hall–Kier alpha value is -4.16. The third-order valence-corrected chi connectivity index (χ3v) is 9.01. The topological polar surface area (TPSA) is 141 Å². The molecule has 0 fully saturated rings. The van der Waals surface area contributed by atoms with E-state index in [9.17, 15) is 29.4 Å². The van der Waals surface area contributed by atoms with Crippen LogP contribution < -0.4 is 0 Å². The van der Waals surface area contributed by atoms with Crippen LogP contribution in [0.25, 0.3) is 21.8 Å². The number of para-hydroxylation sites is 2. The Kier molecular flexibility index (Phi) is 8.60. The van der Waals surface area contributed by atoms with Crippen LogP contribution in [0.1, 0.15) is 34.6 Å². The molecule has 0 radical (unpaired) electrons. The lowest BCUT2D eigenvalue weighted by molar-refractivity contribution is -0.142. The van der Waals surface area contributed by atoms with Gasteiger partial charge in [0.25, 0.3) is 11.8 Å². The Labute approximate surface area is 237 Å². The normalized spacial score (nSPS) is 12.6. The molecule has 0 saturated heterocycles. The van der Waals surface area contributed by atoms with E-state index in [4.69, 9.17) is 0 Å². The maximum Gasteiger partial charge on any atom is 0.326 e. The molecule has 0 saturated carbocycles. The molecule has 10 nitrogen and oxygen atoms in total. The molecule has 4 rings (SSSR count). The Morgan fingerprint density at radius 2 is 1.07 bits per heavy atom. The first-order valence-corrected chi connectivity index (χ1v) is 14.3. The third-order valence-electron chi connectivity index (χ3n) is 6.58. The van der Waals surface area contributed by atoms with Gasteiger partial charge in [-0.25, -0.2) is 9.59 Å². The van der Waals surface area contributed by atoms with Crippen molar-refractivity contribution in [3.63, 3.8) is 0 Å². The van der Waals surface area contributed by atoms with Crippen molar-refractivity contribution in [1.82, 2.24) is 19.8 Å². The third kappa shape index (κ3) is 5.87. The van der Waals surface area contributed by atoms with Gasteiger partial charge in [-0.2, -0.15) is 0 Å². The van der Waals surface area contributed by atoms with Crippen LogP contribution in [0.5, 0.6) is 0 Å². The number of hydrogen-bond acceptors (Lipinski definition) is 8. The van der Waals surface area contributed by atoms with Crippen LogP contribution in [-0.4, -0.2) is 79.9 Å². The number of carbonyl (C=O) groups is 4. The quantitative estimate of drug-likeness (QED) is 0.269. The average Bonchev–Trinajstić information content (AvgIpc) is 2.96. The molecule has 2 atom stereocenters. The van der Waals surface area contributed by atoms with Crippen LogP contribution in [0.15, 0.2) is 70.7 Å². The fourth-order valence-electron chi connectivity index (χ4n) is 3.81. The summed E-state index contributed by atoms with van der Waals surface area (Å²) in [6.07, 6.45) is 2.90. The lowest BCUT2D eigenvalue weighted by atomic mass is 10.1. The molecular formula is C28H26N4O6S2. The molecule has 12 heteroatoms. The smallest absolute Gasteiger partial charge is 0.326 e. The molecule has 2 amide bonds. The second-order valence-corrected chi connectivity index (χ2v) is 11.3. The first kappa shape index (κ1) is 28.8. The monoisotopic (exact) mass is 578 g/mol. The van der Waals surface area contributed by atoms with Gasteiger partial charge in [0, 0.05) is 47.1 Å². The van der Waals surface area contributed by atoms with E-state index in [2.05, 4.69) is 9.97 Å². The SMILES string of the molecule is C[C@@H](C(=O)O)N(C)C(=O)c1cnc2c(SSc3cccc4cc(C(=O)N(C)[C@@H](C)C(=O)O)cnc34)cccc2c1. The van der Waals surface area contributed by atoms with E-state index in [0.717, 1.165) is 30.4 Å². The molecule has 2 N–H and O–H groups in total. The van der Waals surface area contributed by atoms with Crippen LogP contribution in [0.3, 0.4) is 0 Å². The first-order valence-electron chi connectivity index (χ1n) is 12.1. The number of hydrogen-bond donors (Lipinski definition) is 2. The lowest BCUT2D eigenvalue weighted by Gasteiger charge is -2.21. The Morgan fingerprint density at radius 1 is 0.700 bits per heavy atom. The Bertz CT molecular complexity index is 1530. The summed E-state index contributed by atoms with van der Waals surface area (Å²) in [5.41, 5.74) is 1.99. The molecule has 0 spiro atoms. The van der Waals surface area contributed by atoms with E-state index >= 15 is 0 Å². The zero-order valence-corrected chi connectivity index (χ0v) is 23.7. The van der Waals surface area contributed by atoms with E-state index in [1.165, 1.54) is 61.9 Å². The van der Waals surface area contributed by atoms with Crippen LogP contribution in [0, 0.1) is 0 Å². The molecular weight excluding hydrogens is 552 g/mol. The van der Waals surface area contributed by atoms with Crippen LogP contribution >= 0.6 is 21.6 Å². The number of pyridine rings is 2. The second-order valence-electron chi connectivity index (χ2n) is 9.13. The van der Waals surface area contributed by atoms with Gasteiger partial charge >= 0.3 is 11.9 Å². The van der Waals surface area contributed by atoms with Gasteiger partial charge < -0.3 is 20.0 Å². The van der Waals surface area contributed by atoms with Gasteiger partial charge in [0.1, 0.15) is 12.1 Å². The average molecular weight is 579 g/mol. The van der Waals surface area contributed by atoms with E-state index in [-0.39, 0.29) is 0 Å². The number of fused-ring (bicyclic) bond motifs is 2. The molecule has 0 aliphatic carbocycles. The molecule has 2 heterocycles. The number of rotatable bonds is 9. The highest BCUT2D eigenvalue weighted by molar-refractivity contribution is 8.76. The van der Waals surface area contributed by atoms with Crippen molar-refractivity contribution in [1.29, 1.82) is 0 Å². The minimum absolute atomic E-state index is 0.296. The first-order chi connectivity index (χ1) is 19.0. The van der Waals surface area contributed by atoms with E-state index < -0.39 is 35.8 Å². The fourth-order valence-corrected chi connectivity index (χ4v) is 6.11. The number of aromatic nitrogens is 2. The zero-order chi connectivity index (χ0) is 29.1. The predicted octanol–water partition coefficient (Wildman–Crippen LogP) is 4.67. The summed E-state index contributed by atoms with van der Waals surface area (Å²) in [6, 6.07) is 12.7. The van der Waals surface area contributed by atoms with Crippen LogP contribution in [0.2, 0.25) is 0 Å². The number of nitrogens with zero attached hydrogens (tertiary/aromatic N) is 4. The largest absolute Gasteiger partial charge is 0.480 e. The molecule has 206 valence electrons. The fraction of sp³-hybridized carbons (Fsp3) is 0.214. The summed E-state index contributed by atoms with van der Waals surface area (Å²) < 4.78 is 0.